The van der Waals surface area contributed by atoms with Crippen molar-refractivity contribution in [2.75, 3.05) is 42.2 Å². The van der Waals surface area contributed by atoms with Gasteiger partial charge in [-0.1, -0.05) is 0 Å². The number of rotatable bonds is 22. The molecular weight excluding hydrogens is 944 g/mol. The zero-order chi connectivity index (χ0) is 46.9. The molecule has 360 valence electrons. The Morgan fingerprint density at radius 1 is 0.621 bits per heavy atom. The summed E-state index contributed by atoms with van der Waals surface area (Å²) in [5.74, 6) is -0.940. The Morgan fingerprint density at radius 2 is 1.11 bits per heavy atom. The summed E-state index contributed by atoms with van der Waals surface area (Å²) in [5.41, 5.74) is 3.67. The van der Waals surface area contributed by atoms with Crippen LogP contribution < -0.4 is 14.2 Å². The molecule has 0 amide bonds. The van der Waals surface area contributed by atoms with Gasteiger partial charge in [0.25, 0.3) is 0 Å². The number of methoxy groups -OCH3 is 5. The second kappa shape index (κ2) is 22.6. The van der Waals surface area contributed by atoms with E-state index in [4.69, 9.17) is 61.0 Å². The van der Waals surface area contributed by atoms with E-state index in [1.54, 1.807) is 35.2 Å². The minimum absolute atomic E-state index is 0.117. The van der Waals surface area contributed by atoms with Crippen molar-refractivity contribution in [1.29, 1.82) is 0 Å². The number of fused-ring (bicyclic) bond motifs is 1. The van der Waals surface area contributed by atoms with Crippen molar-refractivity contribution >= 4 is 24.3 Å². The van der Waals surface area contributed by atoms with E-state index in [-0.39, 0.29) is 36.6 Å². The molecule has 3 saturated heterocycles. The molecule has 0 N–H and O–H groups in total. The van der Waals surface area contributed by atoms with E-state index >= 15 is 0 Å². The molecule has 0 aliphatic carbocycles. The van der Waals surface area contributed by atoms with Crippen LogP contribution in [-0.2, 0) is 83.6 Å². The second-order valence-corrected chi connectivity index (χ2v) is 22.3. The predicted molar refractivity (Wildman–Crippen MR) is 240 cm³/mol. The molecule has 11 atom stereocenters. The Bertz CT molecular complexity index is 2220. The molecule has 3 aliphatic heterocycles. The fourth-order valence-corrected chi connectivity index (χ4v) is 15.0. The Kier molecular flexibility index (Phi) is 17.2. The van der Waals surface area contributed by atoms with E-state index in [2.05, 4.69) is 0 Å². The average Bonchev–Trinajstić information content (AvgIpc) is 3.66. The van der Waals surface area contributed by atoms with E-state index in [1.165, 1.54) is 14.2 Å². The molecule has 0 radical (unpaired) electrons. The number of ether oxygens (including phenoxy) is 12. The summed E-state index contributed by atoms with van der Waals surface area (Å²) < 4.78 is 118. The molecule has 4 aromatic rings. The van der Waals surface area contributed by atoms with Crippen LogP contribution in [0, 0.1) is 0 Å². The van der Waals surface area contributed by atoms with Gasteiger partial charge in [-0.25, -0.2) is 0 Å². The van der Waals surface area contributed by atoms with Gasteiger partial charge in [-0.2, -0.15) is 0 Å². The molecule has 18 heteroatoms. The summed E-state index contributed by atoms with van der Waals surface area (Å²) in [6, 6.07) is 32.5. The van der Waals surface area contributed by atoms with Gasteiger partial charge in [0, 0.05) is 0 Å². The standard InChI is InChI=1S/C48H60O16SSe/c1-47(55-6)48(2,56-7)63-45-44(62-47)43(64-65(49,50)51)40(61-46(45)60-28-32-11-9-8-10-12-32)31-66-30-39(58-26-34-15-21-37(53-4)22-16-34)42(59-27-35-17-23-38(54-5)24-18-35)41(66)29-57-25-33-13-19-36(52-3)20-14-33/h8-24,39-46H,25-31H2,1-7H3/t39-,40-,41-,42+,43+,44+,45-,46-,47-,48-,66?/m1/s1. The minimum atomic E-state index is -5.33. The molecule has 0 aromatic heterocycles. The fraction of sp³-hybridized carbons (Fsp3) is 0.500. The van der Waals surface area contributed by atoms with Crippen molar-refractivity contribution < 1.29 is 74.0 Å². The summed E-state index contributed by atoms with van der Waals surface area (Å²) in [7, 11) is 2.37. The van der Waals surface area contributed by atoms with Crippen molar-refractivity contribution in [1.82, 2.24) is 0 Å². The van der Waals surface area contributed by atoms with Crippen molar-refractivity contribution in [3.05, 3.63) is 125 Å². The summed E-state index contributed by atoms with van der Waals surface area (Å²) >= 11 is -2.08. The van der Waals surface area contributed by atoms with Gasteiger partial charge in [0.15, 0.2) is 0 Å². The van der Waals surface area contributed by atoms with Crippen LogP contribution in [0.2, 0.25) is 15.5 Å². The summed E-state index contributed by atoms with van der Waals surface area (Å²) in [4.78, 5) is -0.221. The Morgan fingerprint density at radius 3 is 1.62 bits per heavy atom. The summed E-state index contributed by atoms with van der Waals surface area (Å²) in [6.07, 6.45) is -6.91. The zero-order valence-electron chi connectivity index (χ0n) is 38.2. The Balaban J connectivity index is 1.23. The van der Waals surface area contributed by atoms with Gasteiger partial charge in [-0.3, -0.25) is 0 Å². The van der Waals surface area contributed by atoms with Crippen LogP contribution in [0.1, 0.15) is 36.1 Å². The maximum atomic E-state index is 12.7. The summed E-state index contributed by atoms with van der Waals surface area (Å²) in [5, 5.41) is 0.833. The van der Waals surface area contributed by atoms with Crippen molar-refractivity contribution in [2.24, 2.45) is 0 Å². The van der Waals surface area contributed by atoms with Gasteiger partial charge in [-0.15, -0.1) is 0 Å². The van der Waals surface area contributed by atoms with Crippen LogP contribution in [-0.4, -0.2) is 124 Å². The third kappa shape index (κ3) is 12.3. The predicted octanol–water partition coefficient (Wildman–Crippen LogP) is 6.57. The van der Waals surface area contributed by atoms with Crippen molar-refractivity contribution in [3.8, 4) is 17.2 Å². The number of hydrogen-bond donors (Lipinski definition) is 0. The maximum absolute atomic E-state index is 12.7. The molecule has 3 fully saturated rings. The quantitative estimate of drug-likeness (QED) is 0.0469. The van der Waals surface area contributed by atoms with Gasteiger partial charge in [0.05, 0.1) is 0 Å². The average molecular weight is 1000 g/mol. The molecule has 16 nitrogen and oxygen atoms in total. The first-order valence-corrected chi connectivity index (χ1v) is 26.3. The van der Waals surface area contributed by atoms with E-state index < -0.39 is 78.8 Å². The molecule has 0 spiro atoms. The molecule has 1 unspecified atom stereocenters. The Hall–Kier alpha value is -3.69. The molecule has 4 aromatic carbocycles. The van der Waals surface area contributed by atoms with Gasteiger partial charge >= 0.3 is 393 Å². The van der Waals surface area contributed by atoms with Gasteiger partial charge in [0.1, 0.15) is 0 Å². The van der Waals surface area contributed by atoms with Crippen LogP contribution in [0.15, 0.2) is 103 Å². The normalized spacial score (nSPS) is 29.8. The van der Waals surface area contributed by atoms with Crippen LogP contribution in [0.4, 0.5) is 0 Å². The van der Waals surface area contributed by atoms with Gasteiger partial charge in [-0.05, 0) is 0 Å². The first kappa shape index (κ1) is 50.2. The van der Waals surface area contributed by atoms with Crippen LogP contribution >= 0.6 is 0 Å². The zero-order valence-corrected chi connectivity index (χ0v) is 40.8. The first-order chi connectivity index (χ1) is 31.8. The number of benzene rings is 4. The van der Waals surface area contributed by atoms with Crippen molar-refractivity contribution in [2.45, 2.75) is 110 Å². The first-order valence-electron chi connectivity index (χ1n) is 21.5. The van der Waals surface area contributed by atoms with Crippen LogP contribution in [0.5, 0.6) is 17.2 Å². The van der Waals surface area contributed by atoms with Crippen molar-refractivity contribution in [3.63, 3.8) is 0 Å². The molecule has 7 rings (SSSR count). The van der Waals surface area contributed by atoms with E-state index in [1.807, 2.05) is 103 Å². The topological polar surface area (TPSA) is 177 Å². The second-order valence-electron chi connectivity index (χ2n) is 16.4. The molecule has 3 heterocycles. The third-order valence-electron chi connectivity index (χ3n) is 12.3. The summed E-state index contributed by atoms with van der Waals surface area (Å²) in [6.45, 7) is 4.49. The molecular formula is C48H60O16SSe. The number of hydrogen-bond acceptors (Lipinski definition) is 16. The van der Waals surface area contributed by atoms with E-state index in [0.717, 1.165) is 39.5 Å². The third-order valence-corrected chi connectivity index (χ3v) is 18.5. The SMILES string of the molecule is COc1ccc(COC[C@@H]2[C@@H](OCc3ccc(OC)cc3)[C@H](OCc3ccc(OC)cc3)C[Se+]2C[C@H]2O[C@@H](OCc3ccccc3)[C@@H]3O[C@@](C)(OC)[C@](C)(OC)O[C@H]3[C@H]2OS(=O)(=O)[O-])cc1. The monoisotopic (exact) mass is 1000 g/mol. The fourth-order valence-electron chi connectivity index (χ4n) is 8.28. The molecule has 0 bridgehead atoms. The Labute approximate surface area is 391 Å². The molecule has 3 aliphatic rings. The van der Waals surface area contributed by atoms with Crippen LogP contribution in [0.3, 0.4) is 0 Å². The van der Waals surface area contributed by atoms with Gasteiger partial charge in [0.2, 0.25) is 0 Å². The van der Waals surface area contributed by atoms with E-state index in [0.29, 0.717) is 11.9 Å². The molecule has 66 heavy (non-hydrogen) atoms. The van der Waals surface area contributed by atoms with E-state index in [9.17, 15) is 13.0 Å². The van der Waals surface area contributed by atoms with Crippen LogP contribution in [0.25, 0.3) is 0 Å². The molecule has 0 saturated carbocycles. The van der Waals surface area contributed by atoms with Gasteiger partial charge < -0.3 is 0 Å².